The zero-order valence-electron chi connectivity index (χ0n) is 25.7. The summed E-state index contributed by atoms with van der Waals surface area (Å²) in [5.41, 5.74) is 6.19. The Morgan fingerprint density at radius 3 is 2.40 bits per heavy atom. The number of rotatable bonds is 13. The van der Waals surface area contributed by atoms with Gasteiger partial charge < -0.3 is 29.0 Å². The molecule has 0 radical (unpaired) electrons. The monoisotopic (exact) mass is 570 g/mol. The fraction of sp³-hybridized carbons (Fsp3) is 0.457. The molecule has 0 spiro atoms. The van der Waals surface area contributed by atoms with E-state index in [1.165, 1.54) is 16.8 Å². The van der Waals surface area contributed by atoms with Gasteiger partial charge in [0.25, 0.3) is 0 Å². The third-order valence-corrected chi connectivity index (χ3v) is 9.00. The van der Waals surface area contributed by atoms with Crippen LogP contribution in [0.2, 0.25) is 0 Å². The minimum Gasteiger partial charge on any atom is -0.493 e. The second-order valence-corrected chi connectivity index (χ2v) is 11.5. The van der Waals surface area contributed by atoms with Gasteiger partial charge >= 0.3 is 0 Å². The molecule has 0 aliphatic carbocycles. The molecule has 2 aliphatic rings. The van der Waals surface area contributed by atoms with E-state index in [-0.39, 0.29) is 12.1 Å². The van der Waals surface area contributed by atoms with E-state index >= 15 is 0 Å². The summed E-state index contributed by atoms with van der Waals surface area (Å²) in [6.07, 6.45) is 3.07. The van der Waals surface area contributed by atoms with Crippen LogP contribution in [-0.2, 0) is 17.9 Å². The van der Waals surface area contributed by atoms with Gasteiger partial charge in [-0.25, -0.2) is 0 Å². The van der Waals surface area contributed by atoms with E-state index in [4.69, 9.17) is 9.47 Å². The number of carbonyl (C=O) groups is 1. The van der Waals surface area contributed by atoms with Gasteiger partial charge in [0, 0.05) is 51.0 Å². The molecule has 5 rings (SSSR count). The Labute approximate surface area is 251 Å². The first-order valence-electron chi connectivity index (χ1n) is 15.3. The number of piperazine rings is 1. The van der Waals surface area contributed by atoms with Crippen LogP contribution >= 0.6 is 0 Å². The molecule has 1 unspecified atom stereocenters. The minimum absolute atomic E-state index is 0.0577. The number of hydrogen-bond donors (Lipinski definition) is 0. The largest absolute Gasteiger partial charge is 0.493 e. The lowest BCUT2D eigenvalue weighted by atomic mass is 9.98. The molecule has 2 heterocycles. The Kier molecular flexibility index (Phi) is 10.2. The molecule has 0 bridgehead atoms. The number of aldehydes is 1. The number of fused-ring (bicyclic) bond motifs is 1. The Hall–Kier alpha value is -3.39. The second-order valence-electron chi connectivity index (χ2n) is 11.5. The Morgan fingerprint density at radius 2 is 1.71 bits per heavy atom. The molecule has 0 amide bonds. The molecule has 1 fully saturated rings. The zero-order chi connectivity index (χ0) is 29.5. The molecule has 1 saturated heterocycles. The van der Waals surface area contributed by atoms with Crippen LogP contribution in [0.25, 0.3) is 0 Å². The van der Waals surface area contributed by atoms with Gasteiger partial charge in [-0.3, -0.25) is 4.90 Å². The van der Waals surface area contributed by atoms with E-state index in [2.05, 4.69) is 94.2 Å². The lowest BCUT2D eigenvalue weighted by Crippen LogP contribution is -2.46. The van der Waals surface area contributed by atoms with E-state index in [1.54, 1.807) is 14.2 Å². The number of likely N-dealkylation sites (N-methyl/N-ethyl adjacent to an activating group) is 1. The molecule has 3 aromatic carbocycles. The van der Waals surface area contributed by atoms with Crippen LogP contribution in [-0.4, -0.2) is 81.5 Å². The lowest BCUT2D eigenvalue weighted by Gasteiger charge is -2.36. The Bertz CT molecular complexity index is 1310. The molecular formula is C35H46N4O3. The Balaban J connectivity index is 1.40. The first-order chi connectivity index (χ1) is 20.6. The summed E-state index contributed by atoms with van der Waals surface area (Å²) < 4.78 is 11.2. The molecule has 2 aliphatic heterocycles. The molecule has 7 heteroatoms. The van der Waals surface area contributed by atoms with Crippen molar-refractivity contribution < 1.29 is 14.3 Å². The van der Waals surface area contributed by atoms with Crippen LogP contribution in [0.4, 0.5) is 5.69 Å². The highest BCUT2D eigenvalue weighted by molar-refractivity contribution is 5.70. The van der Waals surface area contributed by atoms with Crippen molar-refractivity contribution in [1.82, 2.24) is 14.7 Å². The van der Waals surface area contributed by atoms with Crippen molar-refractivity contribution >= 4 is 12.0 Å². The fourth-order valence-corrected chi connectivity index (χ4v) is 6.67. The van der Waals surface area contributed by atoms with Gasteiger partial charge in [-0.05, 0) is 73.4 Å². The maximum atomic E-state index is 12.8. The molecule has 0 aromatic heterocycles. The van der Waals surface area contributed by atoms with Gasteiger partial charge in [0.1, 0.15) is 6.29 Å². The highest BCUT2D eigenvalue weighted by atomic mass is 16.5. The SMILES string of the molecule is CCN1CCN(c2cccc3c2CN([C@H](CCCN(C)Cc2ccccc2)c2ccc(OC)c(OC)c2)C3C=O)CC1. The third-order valence-electron chi connectivity index (χ3n) is 9.00. The number of anilines is 1. The predicted octanol–water partition coefficient (Wildman–Crippen LogP) is 5.55. The van der Waals surface area contributed by atoms with Gasteiger partial charge in [0.15, 0.2) is 11.5 Å². The average molecular weight is 571 g/mol. The van der Waals surface area contributed by atoms with E-state index in [0.717, 1.165) is 88.4 Å². The lowest BCUT2D eigenvalue weighted by molar-refractivity contribution is -0.113. The first-order valence-corrected chi connectivity index (χ1v) is 15.3. The topological polar surface area (TPSA) is 48.5 Å². The summed E-state index contributed by atoms with van der Waals surface area (Å²) >= 11 is 0. The second kappa shape index (κ2) is 14.2. The molecule has 224 valence electrons. The van der Waals surface area contributed by atoms with Crippen molar-refractivity contribution in [2.75, 3.05) is 65.4 Å². The molecule has 2 atom stereocenters. The number of methoxy groups -OCH3 is 2. The standard InChI is InChI=1S/C35H46N4O3/c1-5-37-19-21-38(22-20-37)32-14-9-13-29-30(32)25-39(33(29)26-40)31(28-16-17-34(41-3)35(23-28)42-4)15-10-18-36(2)24-27-11-7-6-8-12-27/h6-9,11-14,16-17,23,26,31,33H,5,10,15,18-22,24-25H2,1-4H3/t31-,33?/m1/s1. The van der Waals surface area contributed by atoms with Crippen LogP contribution in [0, 0.1) is 0 Å². The van der Waals surface area contributed by atoms with Crippen molar-refractivity contribution in [3.05, 3.63) is 89.0 Å². The van der Waals surface area contributed by atoms with Gasteiger partial charge in [0.2, 0.25) is 0 Å². The summed E-state index contributed by atoms with van der Waals surface area (Å²) in [6.45, 7) is 10.2. The van der Waals surface area contributed by atoms with Crippen molar-refractivity contribution in [3.63, 3.8) is 0 Å². The van der Waals surface area contributed by atoms with E-state index in [9.17, 15) is 4.79 Å². The summed E-state index contributed by atoms with van der Waals surface area (Å²) in [5.74, 6) is 1.43. The molecule has 7 nitrogen and oxygen atoms in total. The van der Waals surface area contributed by atoms with Gasteiger partial charge in [-0.15, -0.1) is 0 Å². The maximum absolute atomic E-state index is 12.8. The van der Waals surface area contributed by atoms with Crippen molar-refractivity contribution in [3.8, 4) is 11.5 Å². The van der Waals surface area contributed by atoms with Gasteiger partial charge in [0.05, 0.1) is 20.3 Å². The molecular weight excluding hydrogens is 524 g/mol. The smallest absolute Gasteiger partial charge is 0.161 e. The highest BCUT2D eigenvalue weighted by Gasteiger charge is 2.37. The Morgan fingerprint density at radius 1 is 0.952 bits per heavy atom. The van der Waals surface area contributed by atoms with Crippen molar-refractivity contribution in [2.24, 2.45) is 0 Å². The number of hydrogen-bond acceptors (Lipinski definition) is 7. The normalized spacial score (nSPS) is 18.2. The zero-order valence-corrected chi connectivity index (χ0v) is 25.7. The summed E-state index contributed by atoms with van der Waals surface area (Å²) in [4.78, 5) is 22.6. The van der Waals surface area contributed by atoms with Crippen LogP contribution < -0.4 is 14.4 Å². The van der Waals surface area contributed by atoms with Gasteiger partial charge in [-0.1, -0.05) is 55.5 Å². The number of carbonyl (C=O) groups excluding carboxylic acids is 1. The van der Waals surface area contributed by atoms with Gasteiger partial charge in [-0.2, -0.15) is 0 Å². The quantitative estimate of drug-likeness (QED) is 0.250. The van der Waals surface area contributed by atoms with Crippen LogP contribution in [0.3, 0.4) is 0 Å². The van der Waals surface area contributed by atoms with Crippen molar-refractivity contribution in [1.29, 1.82) is 0 Å². The minimum atomic E-state index is -0.281. The van der Waals surface area contributed by atoms with E-state index < -0.39 is 0 Å². The summed E-state index contributed by atoms with van der Waals surface area (Å²) in [6, 6.07) is 23.1. The number of ether oxygens (including phenoxy) is 2. The van der Waals surface area contributed by atoms with E-state index in [1.807, 2.05) is 6.07 Å². The number of nitrogens with zero attached hydrogens (tertiary/aromatic N) is 4. The predicted molar refractivity (Wildman–Crippen MR) is 169 cm³/mol. The summed E-state index contributed by atoms with van der Waals surface area (Å²) in [7, 11) is 5.53. The first kappa shape index (κ1) is 30.1. The number of benzene rings is 3. The average Bonchev–Trinajstić information content (AvgIpc) is 3.41. The van der Waals surface area contributed by atoms with Crippen molar-refractivity contribution in [2.45, 2.75) is 44.9 Å². The van der Waals surface area contributed by atoms with E-state index in [0.29, 0.717) is 5.75 Å². The molecule has 3 aromatic rings. The van der Waals surface area contributed by atoms with Crippen LogP contribution in [0.5, 0.6) is 11.5 Å². The third kappa shape index (κ3) is 6.64. The summed E-state index contributed by atoms with van der Waals surface area (Å²) in [5, 5.41) is 0. The van der Waals surface area contributed by atoms with Crippen LogP contribution in [0.15, 0.2) is 66.7 Å². The maximum Gasteiger partial charge on any atom is 0.161 e. The molecule has 0 saturated carbocycles. The molecule has 42 heavy (non-hydrogen) atoms. The highest BCUT2D eigenvalue weighted by Crippen LogP contribution is 2.45. The van der Waals surface area contributed by atoms with Crippen LogP contribution in [0.1, 0.15) is 54.1 Å². The molecule has 0 N–H and O–H groups in total. The fourth-order valence-electron chi connectivity index (χ4n) is 6.67.